The molecule has 1 aliphatic heterocycles. The Labute approximate surface area is 110 Å². The van der Waals surface area contributed by atoms with E-state index in [2.05, 4.69) is 40.1 Å². The first kappa shape index (κ1) is 12.0. The number of rotatable bonds is 3. The summed E-state index contributed by atoms with van der Waals surface area (Å²) in [6, 6.07) is 10.7. The van der Waals surface area contributed by atoms with E-state index < -0.39 is 0 Å². The molecule has 3 rings (SSSR count). The Morgan fingerprint density at radius 3 is 2.17 bits per heavy atom. The molecule has 3 heteroatoms. The maximum Gasteiger partial charge on any atom is 0.0367 e. The molecule has 1 heterocycles. The minimum atomic E-state index is 0.350. The van der Waals surface area contributed by atoms with Gasteiger partial charge < -0.3 is 10.6 Å². The molecule has 3 nitrogen and oxygen atoms in total. The van der Waals surface area contributed by atoms with E-state index >= 15 is 0 Å². The molecule has 18 heavy (non-hydrogen) atoms. The van der Waals surface area contributed by atoms with E-state index in [9.17, 15) is 0 Å². The lowest BCUT2D eigenvalue weighted by Gasteiger charge is -2.52. The van der Waals surface area contributed by atoms with Gasteiger partial charge in [-0.05, 0) is 31.4 Å². The Kier molecular flexibility index (Phi) is 3.27. The molecule has 2 fully saturated rings. The Balaban J connectivity index is 1.61. The first-order valence-corrected chi connectivity index (χ1v) is 7.09. The van der Waals surface area contributed by atoms with Crippen LogP contribution in [0.2, 0.25) is 0 Å². The minimum absolute atomic E-state index is 0.350. The van der Waals surface area contributed by atoms with Crippen LogP contribution in [-0.4, -0.2) is 43.2 Å². The van der Waals surface area contributed by atoms with E-state index in [0.717, 1.165) is 32.7 Å². The lowest BCUT2D eigenvalue weighted by molar-refractivity contribution is 0.0192. The molecule has 0 amide bonds. The Bertz CT molecular complexity index is 372. The fourth-order valence-electron chi connectivity index (χ4n) is 3.31. The lowest BCUT2D eigenvalue weighted by atomic mass is 9.75. The molecule has 0 atom stereocenters. The van der Waals surface area contributed by atoms with Crippen molar-refractivity contribution in [2.75, 3.05) is 37.6 Å². The number of hydrogen-bond donors (Lipinski definition) is 1. The highest BCUT2D eigenvalue weighted by atomic mass is 15.3. The van der Waals surface area contributed by atoms with Crippen LogP contribution in [0.15, 0.2) is 30.3 Å². The second-order valence-electron chi connectivity index (χ2n) is 5.59. The van der Waals surface area contributed by atoms with Gasteiger partial charge in [-0.3, -0.25) is 4.90 Å². The van der Waals surface area contributed by atoms with Gasteiger partial charge in [0.2, 0.25) is 0 Å². The van der Waals surface area contributed by atoms with Crippen molar-refractivity contribution in [2.45, 2.75) is 24.8 Å². The standard InChI is InChI=1S/C15H23N3/c16-13-15(7-4-8-15)18-11-9-17(10-12-18)14-5-2-1-3-6-14/h1-3,5-6H,4,7-13,16H2. The van der Waals surface area contributed by atoms with Gasteiger partial charge in [-0.25, -0.2) is 0 Å². The summed E-state index contributed by atoms with van der Waals surface area (Å²) < 4.78 is 0. The van der Waals surface area contributed by atoms with Crippen LogP contribution in [0.5, 0.6) is 0 Å². The molecule has 0 aromatic heterocycles. The summed E-state index contributed by atoms with van der Waals surface area (Å²) in [4.78, 5) is 5.12. The predicted molar refractivity (Wildman–Crippen MR) is 75.9 cm³/mol. The molecule has 0 spiro atoms. The van der Waals surface area contributed by atoms with Crippen LogP contribution in [0.3, 0.4) is 0 Å². The summed E-state index contributed by atoms with van der Waals surface area (Å²) >= 11 is 0. The van der Waals surface area contributed by atoms with Gasteiger partial charge in [0.1, 0.15) is 0 Å². The molecular formula is C15H23N3. The van der Waals surface area contributed by atoms with Gasteiger partial charge in [0.15, 0.2) is 0 Å². The Hall–Kier alpha value is -1.06. The average Bonchev–Trinajstić information content (AvgIpc) is 2.40. The molecule has 1 saturated carbocycles. The number of nitrogens with two attached hydrogens (primary N) is 1. The van der Waals surface area contributed by atoms with E-state index in [1.165, 1.54) is 24.9 Å². The predicted octanol–water partition coefficient (Wildman–Crippen LogP) is 1.69. The van der Waals surface area contributed by atoms with Crippen molar-refractivity contribution in [3.63, 3.8) is 0 Å². The fourth-order valence-corrected chi connectivity index (χ4v) is 3.31. The van der Waals surface area contributed by atoms with Crippen LogP contribution >= 0.6 is 0 Å². The van der Waals surface area contributed by atoms with Gasteiger partial charge in [0, 0.05) is 44.0 Å². The average molecular weight is 245 g/mol. The van der Waals surface area contributed by atoms with Crippen LogP contribution in [0.1, 0.15) is 19.3 Å². The first-order chi connectivity index (χ1) is 8.84. The molecule has 2 N–H and O–H groups in total. The molecule has 1 aromatic carbocycles. The minimum Gasteiger partial charge on any atom is -0.369 e. The molecule has 98 valence electrons. The number of para-hydroxylation sites is 1. The van der Waals surface area contributed by atoms with Crippen molar-refractivity contribution < 1.29 is 0 Å². The van der Waals surface area contributed by atoms with E-state index in [1.807, 2.05) is 0 Å². The first-order valence-electron chi connectivity index (χ1n) is 7.09. The topological polar surface area (TPSA) is 32.5 Å². The second-order valence-corrected chi connectivity index (χ2v) is 5.59. The van der Waals surface area contributed by atoms with Gasteiger partial charge in [-0.15, -0.1) is 0 Å². The molecule has 1 aromatic rings. The summed E-state index contributed by atoms with van der Waals surface area (Å²) in [5.74, 6) is 0. The van der Waals surface area contributed by atoms with Crippen LogP contribution in [-0.2, 0) is 0 Å². The highest BCUT2D eigenvalue weighted by Gasteiger charge is 2.42. The number of piperazine rings is 1. The summed E-state index contributed by atoms with van der Waals surface area (Å²) in [7, 11) is 0. The molecular weight excluding hydrogens is 222 g/mol. The number of hydrogen-bond acceptors (Lipinski definition) is 3. The molecule has 0 bridgehead atoms. The van der Waals surface area contributed by atoms with E-state index in [0.29, 0.717) is 5.54 Å². The normalized spacial score (nSPS) is 23.7. The van der Waals surface area contributed by atoms with Crippen molar-refractivity contribution in [1.82, 2.24) is 4.90 Å². The van der Waals surface area contributed by atoms with Crippen molar-refractivity contribution in [1.29, 1.82) is 0 Å². The third-order valence-corrected chi connectivity index (χ3v) is 4.74. The highest BCUT2D eigenvalue weighted by molar-refractivity contribution is 5.46. The fraction of sp³-hybridized carbons (Fsp3) is 0.600. The number of anilines is 1. The zero-order valence-corrected chi connectivity index (χ0v) is 11.0. The third kappa shape index (κ3) is 2.02. The van der Waals surface area contributed by atoms with Gasteiger partial charge in [0.05, 0.1) is 0 Å². The summed E-state index contributed by atoms with van der Waals surface area (Å²) in [6.45, 7) is 5.41. The van der Waals surface area contributed by atoms with Crippen molar-refractivity contribution in [3.05, 3.63) is 30.3 Å². The molecule has 1 saturated heterocycles. The van der Waals surface area contributed by atoms with Crippen LogP contribution < -0.4 is 10.6 Å². The van der Waals surface area contributed by atoms with E-state index in [4.69, 9.17) is 5.73 Å². The lowest BCUT2D eigenvalue weighted by Crippen LogP contribution is -2.63. The molecule has 2 aliphatic rings. The maximum atomic E-state index is 5.99. The number of benzene rings is 1. The van der Waals surface area contributed by atoms with Crippen LogP contribution in [0.25, 0.3) is 0 Å². The van der Waals surface area contributed by atoms with Gasteiger partial charge in [-0.2, -0.15) is 0 Å². The van der Waals surface area contributed by atoms with Crippen LogP contribution in [0.4, 0.5) is 5.69 Å². The van der Waals surface area contributed by atoms with Crippen LogP contribution in [0, 0.1) is 0 Å². The monoisotopic (exact) mass is 245 g/mol. The summed E-state index contributed by atoms with van der Waals surface area (Å²) in [6.07, 6.45) is 3.96. The summed E-state index contributed by atoms with van der Waals surface area (Å²) in [5.41, 5.74) is 7.69. The second kappa shape index (κ2) is 4.90. The smallest absolute Gasteiger partial charge is 0.0367 e. The van der Waals surface area contributed by atoms with Crippen molar-refractivity contribution in [2.24, 2.45) is 5.73 Å². The SMILES string of the molecule is NCC1(N2CCN(c3ccccc3)CC2)CCC1. The Morgan fingerprint density at radius 2 is 1.67 bits per heavy atom. The van der Waals surface area contributed by atoms with Gasteiger partial charge in [0.25, 0.3) is 0 Å². The van der Waals surface area contributed by atoms with E-state index in [-0.39, 0.29) is 0 Å². The highest BCUT2D eigenvalue weighted by Crippen LogP contribution is 2.37. The quantitative estimate of drug-likeness (QED) is 0.879. The molecule has 1 aliphatic carbocycles. The zero-order chi connectivity index (χ0) is 12.4. The van der Waals surface area contributed by atoms with Gasteiger partial charge >= 0.3 is 0 Å². The van der Waals surface area contributed by atoms with Gasteiger partial charge in [-0.1, -0.05) is 18.2 Å². The molecule has 0 unspecified atom stereocenters. The molecule has 0 radical (unpaired) electrons. The largest absolute Gasteiger partial charge is 0.369 e. The van der Waals surface area contributed by atoms with E-state index in [1.54, 1.807) is 0 Å². The maximum absolute atomic E-state index is 5.99. The third-order valence-electron chi connectivity index (χ3n) is 4.74. The Morgan fingerprint density at radius 1 is 1.00 bits per heavy atom. The van der Waals surface area contributed by atoms with Crippen molar-refractivity contribution in [3.8, 4) is 0 Å². The summed E-state index contributed by atoms with van der Waals surface area (Å²) in [5, 5.41) is 0. The van der Waals surface area contributed by atoms with Crippen molar-refractivity contribution >= 4 is 5.69 Å². The number of nitrogens with zero attached hydrogens (tertiary/aromatic N) is 2. The zero-order valence-electron chi connectivity index (χ0n) is 11.0.